The summed E-state index contributed by atoms with van der Waals surface area (Å²) in [5, 5.41) is 62.1. The summed E-state index contributed by atoms with van der Waals surface area (Å²) in [4.78, 5) is 45.0. The fourth-order valence-corrected chi connectivity index (χ4v) is 9.67. The molecule has 338 valence electrons. The van der Waals surface area contributed by atoms with Crippen molar-refractivity contribution < 1.29 is 63.6 Å². The number of carbonyl (C=O) groups excluding carboxylic acids is 3. The molecule has 0 radical (unpaired) electrons. The first-order valence-electron chi connectivity index (χ1n) is 21.6. The molecule has 5 rings (SSSR count). The largest absolute Gasteiger partial charge is 0.459 e. The lowest BCUT2D eigenvalue weighted by molar-refractivity contribution is -0.312. The van der Waals surface area contributed by atoms with E-state index in [0.29, 0.717) is 12.0 Å². The maximum atomic E-state index is 14.5. The van der Waals surface area contributed by atoms with Gasteiger partial charge in [-0.1, -0.05) is 41.5 Å². The van der Waals surface area contributed by atoms with Gasteiger partial charge in [0.1, 0.15) is 23.6 Å². The van der Waals surface area contributed by atoms with Gasteiger partial charge in [-0.15, -0.1) is 0 Å². The van der Waals surface area contributed by atoms with Crippen molar-refractivity contribution in [2.24, 2.45) is 35.0 Å². The number of aromatic amines is 1. The van der Waals surface area contributed by atoms with Crippen LogP contribution in [0.5, 0.6) is 0 Å². The number of esters is 1. The number of nitrogens with one attached hydrogen (secondary N) is 2. The van der Waals surface area contributed by atoms with Crippen molar-refractivity contribution in [2.45, 2.75) is 174 Å². The van der Waals surface area contributed by atoms with E-state index in [0.717, 1.165) is 10.9 Å². The number of aromatic nitrogens is 1. The Morgan fingerprint density at radius 2 is 1.58 bits per heavy atom. The van der Waals surface area contributed by atoms with Crippen molar-refractivity contribution in [3.05, 3.63) is 36.0 Å². The Kier molecular flexibility index (Phi) is 15.0. The number of fused-ring (bicyclic) bond motifs is 1. The first-order valence-corrected chi connectivity index (χ1v) is 21.6. The molecule has 3 aliphatic rings. The molecule has 0 spiro atoms. The van der Waals surface area contributed by atoms with E-state index in [1.165, 1.54) is 20.8 Å². The number of amides is 1. The zero-order valence-corrected chi connectivity index (χ0v) is 37.1. The number of cyclic esters (lactones) is 1. The molecule has 60 heavy (non-hydrogen) atoms. The highest BCUT2D eigenvalue weighted by Gasteiger charge is 2.53. The summed E-state index contributed by atoms with van der Waals surface area (Å²) in [7, 11) is 0. The average molecular weight is 847 g/mol. The summed E-state index contributed by atoms with van der Waals surface area (Å²) in [6.07, 6.45) is -8.09. The van der Waals surface area contributed by atoms with Crippen molar-refractivity contribution in [3.8, 4) is 0 Å². The van der Waals surface area contributed by atoms with Crippen LogP contribution in [0.25, 0.3) is 10.9 Å². The molecule has 1 aromatic heterocycles. The first-order chi connectivity index (χ1) is 27.8. The zero-order chi connectivity index (χ0) is 44.6. The topological polar surface area (TPSA) is 226 Å². The molecule has 3 saturated heterocycles. The second-order valence-corrected chi connectivity index (χ2v) is 19.3. The van der Waals surface area contributed by atoms with Crippen LogP contribution in [-0.4, -0.2) is 127 Å². The van der Waals surface area contributed by atoms with Gasteiger partial charge in [-0.05, 0) is 83.1 Å². The van der Waals surface area contributed by atoms with Gasteiger partial charge in [-0.3, -0.25) is 14.4 Å². The molecule has 1 aromatic carbocycles. The second kappa shape index (κ2) is 18.8. The number of aliphatic hydroxyl groups is 5. The lowest BCUT2D eigenvalue weighted by atomic mass is 9.74. The van der Waals surface area contributed by atoms with Gasteiger partial charge in [0.2, 0.25) is 0 Å². The minimum atomic E-state index is -2.19. The summed E-state index contributed by atoms with van der Waals surface area (Å²) in [6, 6.07) is 7.03. The van der Waals surface area contributed by atoms with Crippen LogP contribution in [-0.2, 0) is 33.3 Å². The van der Waals surface area contributed by atoms with Gasteiger partial charge in [0.15, 0.2) is 12.6 Å². The van der Waals surface area contributed by atoms with Crippen LogP contribution in [0.1, 0.15) is 112 Å². The summed E-state index contributed by atoms with van der Waals surface area (Å²) < 4.78 is 31.7. The highest BCUT2D eigenvalue weighted by molar-refractivity contribution is 5.98. The third kappa shape index (κ3) is 10.4. The minimum absolute atomic E-state index is 0.0706. The predicted octanol–water partition coefficient (Wildman–Crippen LogP) is 4.00. The molecule has 0 aliphatic carbocycles. The number of aliphatic hydroxyl groups excluding tert-OH is 3. The monoisotopic (exact) mass is 846 g/mol. The Morgan fingerprint density at radius 1 is 0.900 bits per heavy atom. The van der Waals surface area contributed by atoms with Gasteiger partial charge >= 0.3 is 5.97 Å². The average Bonchev–Trinajstić information content (AvgIpc) is 3.65. The molecule has 3 aliphatic heterocycles. The van der Waals surface area contributed by atoms with E-state index in [4.69, 9.17) is 23.7 Å². The maximum absolute atomic E-state index is 14.5. The number of hydrogen-bond donors (Lipinski definition) is 7. The van der Waals surface area contributed by atoms with Crippen molar-refractivity contribution in [2.75, 3.05) is 6.54 Å². The van der Waals surface area contributed by atoms with Gasteiger partial charge in [-0.25, -0.2) is 0 Å². The third-order valence-electron chi connectivity index (χ3n) is 13.4. The molecule has 17 atom stereocenters. The highest BCUT2D eigenvalue weighted by Crippen LogP contribution is 2.42. The van der Waals surface area contributed by atoms with Crippen LogP contribution in [0.15, 0.2) is 30.5 Å². The number of benzene rings is 1. The molecule has 7 N–H and O–H groups in total. The minimum Gasteiger partial charge on any atom is -0.459 e. The van der Waals surface area contributed by atoms with Crippen LogP contribution in [0, 0.1) is 35.0 Å². The first kappa shape index (κ1) is 48.0. The molecular weight excluding hydrogens is 776 g/mol. The van der Waals surface area contributed by atoms with Gasteiger partial charge in [0, 0.05) is 59.8 Å². The summed E-state index contributed by atoms with van der Waals surface area (Å²) in [5.74, 6) is -5.98. The SMILES string of the molecule is CC1CC(C)C(O)C(O[C@@H]2[C@@H](C)[C@H](OC3CC(C)(C)C(O)C(C)O3)[C@@H](C)C(=O)O[C@H](CCNC(=O)c3ccc4[nH]ccc4c3)[C@@](C)(O)[C@H](O)[C@@H](C)C(=O)[C@H](C)C[C@@]2(C)O)O1. The van der Waals surface area contributed by atoms with Crippen LogP contribution in [0.4, 0.5) is 0 Å². The molecule has 15 nitrogen and oxygen atoms in total. The quantitative estimate of drug-likeness (QED) is 0.187. The van der Waals surface area contributed by atoms with E-state index in [1.807, 2.05) is 33.8 Å². The van der Waals surface area contributed by atoms with E-state index >= 15 is 0 Å². The number of H-pyrrole nitrogens is 1. The van der Waals surface area contributed by atoms with Gasteiger partial charge in [0.25, 0.3) is 5.91 Å². The number of Topliss-reactive ketones (excluding diaryl/α,β-unsaturated/α-hetero) is 1. The Balaban J connectivity index is 1.52. The molecule has 15 heteroatoms. The van der Waals surface area contributed by atoms with Crippen molar-refractivity contribution in [3.63, 3.8) is 0 Å². The Bertz CT molecular complexity index is 1790. The third-order valence-corrected chi connectivity index (χ3v) is 13.4. The molecule has 2 aromatic rings. The summed E-state index contributed by atoms with van der Waals surface area (Å²) >= 11 is 0. The van der Waals surface area contributed by atoms with Gasteiger partial charge < -0.3 is 59.5 Å². The molecule has 4 heterocycles. The molecular formula is C45H70N2O13. The molecule has 0 saturated carbocycles. The van der Waals surface area contributed by atoms with Crippen molar-refractivity contribution in [1.82, 2.24) is 10.3 Å². The lowest BCUT2D eigenvalue weighted by Crippen LogP contribution is -2.59. The number of ether oxygens (including phenoxy) is 5. The van der Waals surface area contributed by atoms with Crippen LogP contribution < -0.4 is 5.32 Å². The Morgan fingerprint density at radius 3 is 2.25 bits per heavy atom. The van der Waals surface area contributed by atoms with Crippen LogP contribution in [0.3, 0.4) is 0 Å². The summed E-state index contributed by atoms with van der Waals surface area (Å²) in [5.41, 5.74) is -3.39. The number of hydrogen-bond acceptors (Lipinski definition) is 13. The normalized spacial score (nSPS) is 42.3. The van der Waals surface area contributed by atoms with E-state index in [-0.39, 0.29) is 37.8 Å². The van der Waals surface area contributed by atoms with Gasteiger partial charge in [0.05, 0.1) is 48.1 Å². The predicted molar refractivity (Wildman–Crippen MR) is 221 cm³/mol. The second-order valence-electron chi connectivity index (χ2n) is 19.3. The number of carbonyl (C=O) groups is 3. The Labute approximate surface area is 353 Å². The van der Waals surface area contributed by atoms with E-state index < -0.39 is 113 Å². The van der Waals surface area contributed by atoms with Crippen LogP contribution >= 0.6 is 0 Å². The molecule has 1 amide bonds. The van der Waals surface area contributed by atoms with E-state index in [1.54, 1.807) is 52.1 Å². The lowest BCUT2D eigenvalue weighted by Gasteiger charge is -2.48. The van der Waals surface area contributed by atoms with E-state index in [9.17, 15) is 39.9 Å². The van der Waals surface area contributed by atoms with E-state index in [2.05, 4.69) is 10.3 Å². The molecule has 3 fully saturated rings. The maximum Gasteiger partial charge on any atom is 0.311 e. The van der Waals surface area contributed by atoms with Crippen molar-refractivity contribution >= 4 is 28.6 Å². The zero-order valence-electron chi connectivity index (χ0n) is 37.1. The van der Waals surface area contributed by atoms with Crippen LogP contribution in [0.2, 0.25) is 0 Å². The standard InChI is InChI=1S/C45H70N2O13/c1-22-18-24(3)56-42(35(22)49)60-39-26(5)36(59-33-21-43(8,9)38(51)28(7)57-33)27(6)41(53)58-32(15-17-47-40(52)30-12-13-31-29(19-30)14-16-46-31)45(11,55)37(50)25(4)34(48)23(2)20-44(39,10)54/h12-14,16,19,22-28,32-33,35-39,42,46,49-51,54-55H,15,17-18,20-21H2,1-11H3,(H,47,52)/t22?,23-,24?,25+,26+,27-,28?,32-,33?,35?,36+,37-,38?,39-,42?,44-,45-/m1/s1. The van der Waals surface area contributed by atoms with Gasteiger partial charge in [-0.2, -0.15) is 0 Å². The summed E-state index contributed by atoms with van der Waals surface area (Å²) in [6.45, 7) is 18.4. The van der Waals surface area contributed by atoms with Crippen molar-refractivity contribution in [1.29, 1.82) is 0 Å². The smallest absolute Gasteiger partial charge is 0.311 e. The highest BCUT2D eigenvalue weighted by atomic mass is 16.7. The fourth-order valence-electron chi connectivity index (χ4n) is 9.67. The molecule has 0 bridgehead atoms. The Hall–Kier alpha value is -2.99. The fraction of sp³-hybridized carbons (Fsp3) is 0.756. The number of rotatable bonds is 8. The number of ketones is 1. The molecule has 7 unspecified atom stereocenters.